The van der Waals surface area contributed by atoms with Gasteiger partial charge in [0.2, 0.25) is 3.79 Å². The summed E-state index contributed by atoms with van der Waals surface area (Å²) in [5, 5.41) is 0. The molecular weight excluding hydrogens is 294 g/mol. The monoisotopic (exact) mass is 306 g/mol. The number of hydrogen-bond acceptors (Lipinski definition) is 1. The van der Waals surface area contributed by atoms with Gasteiger partial charge in [0, 0.05) is 33.7 Å². The predicted molar refractivity (Wildman–Crippen MR) is 63.5 cm³/mol. The average Bonchev–Trinajstić information content (AvgIpc) is 2.01. The molecule has 1 aromatic rings. The van der Waals surface area contributed by atoms with Crippen LogP contribution in [0.2, 0.25) is 0 Å². The van der Waals surface area contributed by atoms with Gasteiger partial charge in [-0.25, -0.2) is 4.39 Å². The molecule has 0 radical (unpaired) electrons. The quantitative estimate of drug-likeness (QED) is 0.571. The van der Waals surface area contributed by atoms with Gasteiger partial charge in [-0.1, -0.05) is 32.9 Å². The number of halogens is 2. The Kier molecular flexibility index (Phi) is 3.29. The van der Waals surface area contributed by atoms with E-state index in [0.717, 1.165) is 0 Å². The van der Waals surface area contributed by atoms with Crippen molar-refractivity contribution < 1.29 is 9.18 Å². The lowest BCUT2D eigenvalue weighted by atomic mass is 9.83. The molecule has 0 bridgehead atoms. The SMILES string of the molecule is CC(C)(C)c1c(F)cccc1C(=O)I. The Labute approximate surface area is 96.8 Å². The maximum atomic E-state index is 13.6. The summed E-state index contributed by atoms with van der Waals surface area (Å²) in [4.78, 5) is 11.3. The number of carbonyl (C=O) groups is 1. The van der Waals surface area contributed by atoms with Crippen LogP contribution in [0.3, 0.4) is 0 Å². The van der Waals surface area contributed by atoms with Crippen LogP contribution in [-0.2, 0) is 5.41 Å². The van der Waals surface area contributed by atoms with Crippen LogP contribution in [0.4, 0.5) is 4.39 Å². The topological polar surface area (TPSA) is 17.1 Å². The third-order valence-electron chi connectivity index (χ3n) is 1.98. The van der Waals surface area contributed by atoms with E-state index in [4.69, 9.17) is 0 Å². The van der Waals surface area contributed by atoms with Crippen LogP contribution in [0.25, 0.3) is 0 Å². The summed E-state index contributed by atoms with van der Waals surface area (Å²) in [6.07, 6.45) is 0. The number of benzene rings is 1. The zero-order valence-corrected chi connectivity index (χ0v) is 10.6. The third-order valence-corrected chi connectivity index (χ3v) is 2.56. The maximum absolute atomic E-state index is 13.6. The molecule has 76 valence electrons. The Bertz CT molecular complexity index is 366. The van der Waals surface area contributed by atoms with Crippen molar-refractivity contribution in [2.45, 2.75) is 26.2 Å². The van der Waals surface area contributed by atoms with Gasteiger partial charge in [0.1, 0.15) is 5.82 Å². The first-order valence-electron chi connectivity index (χ1n) is 4.33. The minimum atomic E-state index is -0.346. The highest BCUT2D eigenvalue weighted by Gasteiger charge is 2.24. The minimum absolute atomic E-state index is 0.118. The lowest BCUT2D eigenvalue weighted by Crippen LogP contribution is -2.17. The van der Waals surface area contributed by atoms with Crippen molar-refractivity contribution in [1.82, 2.24) is 0 Å². The molecular formula is C11H12FIO. The molecule has 1 rings (SSSR count). The molecule has 0 heterocycles. The van der Waals surface area contributed by atoms with Crippen LogP contribution >= 0.6 is 22.6 Å². The zero-order chi connectivity index (χ0) is 10.9. The Balaban J connectivity index is 3.45. The second-order valence-electron chi connectivity index (χ2n) is 4.19. The van der Waals surface area contributed by atoms with Gasteiger partial charge in [0.15, 0.2) is 0 Å². The van der Waals surface area contributed by atoms with Gasteiger partial charge in [-0.3, -0.25) is 4.79 Å². The van der Waals surface area contributed by atoms with E-state index in [0.29, 0.717) is 11.1 Å². The third kappa shape index (κ3) is 2.32. The number of hydrogen-bond donors (Lipinski definition) is 0. The fraction of sp³-hybridized carbons (Fsp3) is 0.364. The Morgan fingerprint density at radius 3 is 2.29 bits per heavy atom. The maximum Gasteiger partial charge on any atom is 0.222 e. The van der Waals surface area contributed by atoms with Crippen LogP contribution < -0.4 is 0 Å². The van der Waals surface area contributed by atoms with Gasteiger partial charge in [-0.2, -0.15) is 0 Å². The molecule has 0 aliphatic heterocycles. The Morgan fingerprint density at radius 1 is 1.36 bits per heavy atom. The molecule has 0 saturated carbocycles. The fourth-order valence-corrected chi connectivity index (χ4v) is 1.90. The Hall–Kier alpha value is -0.450. The highest BCUT2D eigenvalue weighted by Crippen LogP contribution is 2.29. The first-order chi connectivity index (χ1) is 6.34. The summed E-state index contributed by atoms with van der Waals surface area (Å²) in [5.74, 6) is -0.306. The van der Waals surface area contributed by atoms with Crippen molar-refractivity contribution in [3.05, 3.63) is 35.1 Å². The fourth-order valence-electron chi connectivity index (χ4n) is 1.45. The van der Waals surface area contributed by atoms with Crippen molar-refractivity contribution in [1.29, 1.82) is 0 Å². The number of rotatable bonds is 1. The van der Waals surface area contributed by atoms with Crippen LogP contribution in [0.5, 0.6) is 0 Å². The van der Waals surface area contributed by atoms with E-state index in [2.05, 4.69) is 0 Å². The summed E-state index contributed by atoms with van der Waals surface area (Å²) in [6, 6.07) is 4.62. The lowest BCUT2D eigenvalue weighted by Gasteiger charge is -2.22. The molecule has 0 atom stereocenters. The second-order valence-corrected chi connectivity index (χ2v) is 5.17. The summed E-state index contributed by atoms with van der Waals surface area (Å²) in [7, 11) is 0. The molecule has 0 N–H and O–H groups in total. The van der Waals surface area contributed by atoms with Crippen molar-refractivity contribution in [2.75, 3.05) is 0 Å². The van der Waals surface area contributed by atoms with Crippen molar-refractivity contribution in [3.63, 3.8) is 0 Å². The van der Waals surface area contributed by atoms with Crippen LogP contribution in [0.15, 0.2) is 18.2 Å². The second kappa shape index (κ2) is 3.96. The van der Waals surface area contributed by atoms with E-state index in [1.165, 1.54) is 6.07 Å². The van der Waals surface area contributed by atoms with Gasteiger partial charge >= 0.3 is 0 Å². The molecule has 1 aromatic carbocycles. The normalized spacial score (nSPS) is 11.5. The largest absolute Gasteiger partial charge is 0.282 e. The lowest BCUT2D eigenvalue weighted by molar-refractivity contribution is 0.110. The molecule has 0 amide bonds. The molecule has 0 aromatic heterocycles. The van der Waals surface area contributed by atoms with Gasteiger partial charge < -0.3 is 0 Å². The van der Waals surface area contributed by atoms with E-state index in [9.17, 15) is 9.18 Å². The zero-order valence-electron chi connectivity index (χ0n) is 8.40. The van der Waals surface area contributed by atoms with Gasteiger partial charge in [-0.15, -0.1) is 0 Å². The van der Waals surface area contributed by atoms with Gasteiger partial charge in [0.25, 0.3) is 0 Å². The smallest absolute Gasteiger partial charge is 0.222 e. The van der Waals surface area contributed by atoms with E-state index < -0.39 is 0 Å². The standard InChI is InChI=1S/C11H12FIO/c1-11(2,3)9-7(10(13)14)5-4-6-8(9)12/h4-6H,1-3H3. The summed E-state index contributed by atoms with van der Waals surface area (Å²) < 4.78 is 13.4. The summed E-state index contributed by atoms with van der Waals surface area (Å²) in [5.41, 5.74) is 0.624. The average molecular weight is 306 g/mol. The van der Waals surface area contributed by atoms with E-state index in [1.807, 2.05) is 20.8 Å². The van der Waals surface area contributed by atoms with Crippen LogP contribution in [0, 0.1) is 5.82 Å². The summed E-state index contributed by atoms with van der Waals surface area (Å²) >= 11 is 1.69. The molecule has 0 unspecified atom stereocenters. The molecule has 0 aliphatic carbocycles. The van der Waals surface area contributed by atoms with Crippen molar-refractivity contribution >= 4 is 26.4 Å². The predicted octanol–water partition coefficient (Wildman–Crippen LogP) is 3.70. The first-order valence-corrected chi connectivity index (χ1v) is 5.40. The summed E-state index contributed by atoms with van der Waals surface area (Å²) in [6.45, 7) is 5.69. The van der Waals surface area contributed by atoms with Crippen molar-refractivity contribution in [2.24, 2.45) is 0 Å². The van der Waals surface area contributed by atoms with Gasteiger partial charge in [-0.05, 0) is 11.5 Å². The molecule has 0 aliphatic rings. The highest BCUT2D eigenvalue weighted by molar-refractivity contribution is 14.1. The van der Waals surface area contributed by atoms with E-state index in [1.54, 1.807) is 34.7 Å². The van der Waals surface area contributed by atoms with Crippen LogP contribution in [0.1, 0.15) is 36.7 Å². The molecule has 14 heavy (non-hydrogen) atoms. The highest BCUT2D eigenvalue weighted by atomic mass is 127. The molecule has 1 nitrogen and oxygen atoms in total. The molecule has 0 saturated heterocycles. The Morgan fingerprint density at radius 2 is 1.93 bits per heavy atom. The van der Waals surface area contributed by atoms with Crippen LogP contribution in [-0.4, -0.2) is 3.79 Å². The van der Waals surface area contributed by atoms with E-state index in [-0.39, 0.29) is 15.0 Å². The molecule has 0 spiro atoms. The van der Waals surface area contributed by atoms with Crippen molar-refractivity contribution in [3.8, 4) is 0 Å². The van der Waals surface area contributed by atoms with Gasteiger partial charge in [0.05, 0.1) is 0 Å². The molecule has 3 heteroatoms. The number of carbonyl (C=O) groups excluding carboxylic acids is 1. The molecule has 0 fully saturated rings. The van der Waals surface area contributed by atoms with E-state index >= 15 is 0 Å². The first kappa shape index (κ1) is 11.6. The minimum Gasteiger partial charge on any atom is -0.282 e.